The topological polar surface area (TPSA) is 59.2 Å². The van der Waals surface area contributed by atoms with Crippen LogP contribution in [0, 0.1) is 25.5 Å². The van der Waals surface area contributed by atoms with Crippen LogP contribution in [0.15, 0.2) is 45.7 Å². The number of nitrogens with one attached hydrogen (secondary N) is 1. The number of halogens is 3. The number of H-pyrrole nitrogens is 1. The zero-order valence-corrected chi connectivity index (χ0v) is 16.7. The molecule has 28 heavy (non-hydrogen) atoms. The summed E-state index contributed by atoms with van der Waals surface area (Å²) in [5, 5.41) is 0. The van der Waals surface area contributed by atoms with Crippen molar-refractivity contribution in [1.82, 2.24) is 4.98 Å². The van der Waals surface area contributed by atoms with E-state index >= 15 is 0 Å². The summed E-state index contributed by atoms with van der Waals surface area (Å²) in [5.41, 5.74) is 2.90. The van der Waals surface area contributed by atoms with Crippen molar-refractivity contribution < 1.29 is 18.3 Å². The van der Waals surface area contributed by atoms with Gasteiger partial charge in [-0.1, -0.05) is 12.1 Å². The summed E-state index contributed by atoms with van der Waals surface area (Å²) in [6.07, 6.45) is 0.730. The summed E-state index contributed by atoms with van der Waals surface area (Å²) < 4.78 is 33.0. The van der Waals surface area contributed by atoms with E-state index in [-0.39, 0.29) is 22.4 Å². The molecule has 0 aliphatic heterocycles. The second kappa shape index (κ2) is 8.06. The van der Waals surface area contributed by atoms with Crippen LogP contribution in [0.5, 0.6) is 5.75 Å². The van der Waals surface area contributed by atoms with Crippen molar-refractivity contribution in [2.75, 3.05) is 0 Å². The van der Waals surface area contributed by atoms with E-state index in [1.165, 1.54) is 6.07 Å². The van der Waals surface area contributed by atoms with Gasteiger partial charge >= 0.3 is 0 Å². The van der Waals surface area contributed by atoms with Gasteiger partial charge in [0.2, 0.25) is 0 Å². The van der Waals surface area contributed by atoms with E-state index in [9.17, 15) is 18.4 Å². The lowest BCUT2D eigenvalue weighted by molar-refractivity contribution is 0.112. The number of rotatable bonds is 5. The first-order valence-corrected chi connectivity index (χ1v) is 9.16. The number of aromatic nitrogens is 1. The lowest BCUT2D eigenvalue weighted by Crippen LogP contribution is -2.13. The quantitative estimate of drug-likeness (QED) is 0.554. The Bertz CT molecular complexity index is 1130. The Morgan fingerprint density at radius 2 is 1.89 bits per heavy atom. The summed E-state index contributed by atoms with van der Waals surface area (Å²) in [4.78, 5) is 26.1. The molecule has 1 aromatic heterocycles. The summed E-state index contributed by atoms with van der Waals surface area (Å²) in [6, 6.07) is 8.38. The van der Waals surface area contributed by atoms with Crippen LogP contribution < -0.4 is 10.3 Å². The van der Waals surface area contributed by atoms with Gasteiger partial charge in [-0.2, -0.15) is 0 Å². The maximum atomic E-state index is 14.0. The van der Waals surface area contributed by atoms with Crippen LogP contribution in [0.3, 0.4) is 0 Å². The Morgan fingerprint density at radius 3 is 2.57 bits per heavy atom. The molecule has 0 amide bonds. The third-order valence-electron chi connectivity index (χ3n) is 4.36. The number of pyridine rings is 1. The van der Waals surface area contributed by atoms with E-state index in [0.29, 0.717) is 22.4 Å². The highest BCUT2D eigenvalue weighted by atomic mass is 79.9. The highest BCUT2D eigenvalue weighted by Gasteiger charge is 2.20. The largest absolute Gasteiger partial charge is 0.487 e. The van der Waals surface area contributed by atoms with Crippen molar-refractivity contribution in [3.8, 4) is 16.9 Å². The molecular weight excluding hydrogens is 432 g/mol. The predicted octanol–water partition coefficient (Wildman–Crippen LogP) is 5.09. The average Bonchev–Trinajstić information content (AvgIpc) is 2.65. The molecule has 0 spiro atoms. The summed E-state index contributed by atoms with van der Waals surface area (Å²) in [7, 11) is 0. The van der Waals surface area contributed by atoms with Gasteiger partial charge in [0.1, 0.15) is 34.7 Å². The normalized spacial score (nSPS) is 10.8. The first kappa shape index (κ1) is 19.9. The monoisotopic (exact) mass is 447 g/mol. The fourth-order valence-electron chi connectivity index (χ4n) is 2.90. The SMILES string of the molecule is Cc1ccc(C=O)cc1-c1c(C)[nH]c(=O)c(Br)c1OCc1ccc(F)cc1F. The van der Waals surface area contributed by atoms with Crippen LogP contribution in [0.1, 0.15) is 27.2 Å². The first-order valence-electron chi connectivity index (χ1n) is 8.37. The molecule has 0 bridgehead atoms. The van der Waals surface area contributed by atoms with Gasteiger partial charge in [0, 0.05) is 28.5 Å². The maximum Gasteiger partial charge on any atom is 0.266 e. The van der Waals surface area contributed by atoms with Crippen LogP contribution in [-0.4, -0.2) is 11.3 Å². The third kappa shape index (κ3) is 3.89. The molecule has 0 saturated heterocycles. The number of aromatic amines is 1. The molecule has 144 valence electrons. The molecule has 1 heterocycles. The van der Waals surface area contributed by atoms with Crippen LogP contribution in [-0.2, 0) is 6.61 Å². The molecule has 0 aliphatic carbocycles. The number of ether oxygens (including phenoxy) is 1. The molecule has 0 fully saturated rings. The van der Waals surface area contributed by atoms with Crippen LogP contribution in [0.2, 0.25) is 0 Å². The zero-order chi connectivity index (χ0) is 20.4. The Kier molecular flexibility index (Phi) is 5.74. The molecule has 0 atom stereocenters. The molecule has 7 heteroatoms. The molecular formula is C21H16BrF2NO3. The number of carbonyl (C=O) groups excluding carboxylic acids is 1. The molecule has 4 nitrogen and oxygen atoms in total. The van der Waals surface area contributed by atoms with Crippen LogP contribution in [0.25, 0.3) is 11.1 Å². The molecule has 3 rings (SSSR count). The maximum absolute atomic E-state index is 14.0. The van der Waals surface area contributed by atoms with Gasteiger partial charge in [0.15, 0.2) is 0 Å². The number of aryl methyl sites for hydroxylation is 2. The van der Waals surface area contributed by atoms with E-state index in [4.69, 9.17) is 4.74 Å². The van der Waals surface area contributed by atoms with Gasteiger partial charge in [0.25, 0.3) is 5.56 Å². The van der Waals surface area contributed by atoms with Gasteiger partial charge in [-0.15, -0.1) is 0 Å². The minimum Gasteiger partial charge on any atom is -0.487 e. The van der Waals surface area contributed by atoms with E-state index in [1.807, 2.05) is 6.92 Å². The number of aldehydes is 1. The van der Waals surface area contributed by atoms with E-state index in [1.54, 1.807) is 25.1 Å². The molecule has 3 aromatic rings. The fourth-order valence-corrected chi connectivity index (χ4v) is 3.31. The second-order valence-corrected chi connectivity index (χ2v) is 7.11. The van der Waals surface area contributed by atoms with Crippen molar-refractivity contribution >= 4 is 22.2 Å². The van der Waals surface area contributed by atoms with Gasteiger partial charge in [-0.05, 0) is 59.1 Å². The zero-order valence-electron chi connectivity index (χ0n) is 15.1. The van der Waals surface area contributed by atoms with Crippen molar-refractivity contribution in [3.63, 3.8) is 0 Å². The van der Waals surface area contributed by atoms with E-state index < -0.39 is 17.2 Å². The average molecular weight is 448 g/mol. The lowest BCUT2D eigenvalue weighted by atomic mass is 9.96. The molecule has 0 radical (unpaired) electrons. The number of hydrogen-bond donors (Lipinski definition) is 1. The van der Waals surface area contributed by atoms with Crippen molar-refractivity contribution in [1.29, 1.82) is 0 Å². The Balaban J connectivity index is 2.13. The highest BCUT2D eigenvalue weighted by molar-refractivity contribution is 9.10. The minimum atomic E-state index is -0.738. The smallest absolute Gasteiger partial charge is 0.266 e. The van der Waals surface area contributed by atoms with Crippen LogP contribution in [0.4, 0.5) is 8.78 Å². The van der Waals surface area contributed by atoms with Gasteiger partial charge < -0.3 is 9.72 Å². The lowest BCUT2D eigenvalue weighted by Gasteiger charge is -2.17. The molecule has 2 aromatic carbocycles. The van der Waals surface area contributed by atoms with Gasteiger partial charge in [-0.3, -0.25) is 9.59 Å². The van der Waals surface area contributed by atoms with Crippen molar-refractivity contribution in [2.24, 2.45) is 0 Å². The second-order valence-electron chi connectivity index (χ2n) is 6.31. The van der Waals surface area contributed by atoms with Gasteiger partial charge in [0.05, 0.1) is 0 Å². The Labute approximate surface area is 168 Å². The summed E-state index contributed by atoms with van der Waals surface area (Å²) >= 11 is 3.23. The van der Waals surface area contributed by atoms with E-state index in [2.05, 4.69) is 20.9 Å². The van der Waals surface area contributed by atoms with Gasteiger partial charge in [-0.25, -0.2) is 8.78 Å². The number of hydrogen-bond acceptors (Lipinski definition) is 3. The molecule has 1 N–H and O–H groups in total. The number of benzene rings is 2. The molecule has 0 unspecified atom stereocenters. The van der Waals surface area contributed by atoms with Crippen molar-refractivity contribution in [2.45, 2.75) is 20.5 Å². The first-order chi connectivity index (χ1) is 13.3. The summed E-state index contributed by atoms with van der Waals surface area (Å²) in [5.74, 6) is -1.20. The Morgan fingerprint density at radius 1 is 1.14 bits per heavy atom. The minimum absolute atomic E-state index is 0.145. The van der Waals surface area contributed by atoms with E-state index in [0.717, 1.165) is 24.0 Å². The highest BCUT2D eigenvalue weighted by Crippen LogP contribution is 2.38. The molecule has 0 aliphatic rings. The predicted molar refractivity (Wildman–Crippen MR) is 106 cm³/mol. The standard InChI is InChI=1S/C21H16BrF2NO3/c1-11-3-4-13(9-26)7-16(11)18-12(2)25-21(27)19(22)20(18)28-10-14-5-6-15(23)8-17(14)24/h3-9H,10H2,1-2H3,(H,25,27). The third-order valence-corrected chi connectivity index (χ3v) is 5.08. The Hall–Kier alpha value is -2.80. The molecule has 0 saturated carbocycles. The van der Waals surface area contributed by atoms with Crippen molar-refractivity contribution in [3.05, 3.63) is 85.2 Å². The number of carbonyl (C=O) groups is 1. The summed E-state index contributed by atoms with van der Waals surface area (Å²) in [6.45, 7) is 3.38. The fraction of sp³-hybridized carbons (Fsp3) is 0.143. The van der Waals surface area contributed by atoms with Crippen LogP contribution >= 0.6 is 15.9 Å².